The van der Waals surface area contributed by atoms with Crippen LogP contribution < -0.4 is 11.3 Å². The molecule has 0 spiro atoms. The number of nitrogens with two attached hydrogens (primary N) is 1. The van der Waals surface area contributed by atoms with Crippen LogP contribution in [0, 0.1) is 0 Å². The molecule has 20 heavy (non-hydrogen) atoms. The first kappa shape index (κ1) is 13.7. The highest BCUT2D eigenvalue weighted by molar-refractivity contribution is 7.89. The van der Waals surface area contributed by atoms with Crippen molar-refractivity contribution >= 4 is 15.7 Å². The number of pyridine rings is 1. The van der Waals surface area contributed by atoms with Gasteiger partial charge in [0.1, 0.15) is 0 Å². The standard InChI is InChI=1S/C12H19N5O2S/c13-15-11-2-1-5-14-12(11)20(18,19)17-8-6-16(7-9-17)10-3-4-10/h1-2,5,10,15H,3-4,6-9,13H2. The van der Waals surface area contributed by atoms with Crippen LogP contribution in [-0.4, -0.2) is 54.8 Å². The summed E-state index contributed by atoms with van der Waals surface area (Å²) in [5.74, 6) is 5.37. The van der Waals surface area contributed by atoms with Crippen LogP contribution in [-0.2, 0) is 10.0 Å². The molecule has 0 bridgehead atoms. The third-order valence-corrected chi connectivity index (χ3v) is 5.71. The zero-order valence-corrected chi connectivity index (χ0v) is 12.0. The second-order valence-electron chi connectivity index (χ2n) is 5.17. The quantitative estimate of drug-likeness (QED) is 0.592. The van der Waals surface area contributed by atoms with E-state index in [4.69, 9.17) is 5.84 Å². The van der Waals surface area contributed by atoms with Crippen molar-refractivity contribution in [2.24, 2.45) is 5.84 Å². The van der Waals surface area contributed by atoms with Gasteiger partial charge >= 0.3 is 0 Å². The Hall–Kier alpha value is -1.22. The number of nitrogen functional groups attached to an aromatic ring is 1. The van der Waals surface area contributed by atoms with Crippen molar-refractivity contribution in [3.63, 3.8) is 0 Å². The number of piperazine rings is 1. The molecule has 110 valence electrons. The van der Waals surface area contributed by atoms with Gasteiger partial charge in [-0.15, -0.1) is 0 Å². The predicted molar refractivity (Wildman–Crippen MR) is 75.4 cm³/mol. The lowest BCUT2D eigenvalue weighted by Gasteiger charge is -2.33. The van der Waals surface area contributed by atoms with E-state index in [1.807, 2.05) is 0 Å². The number of aromatic nitrogens is 1. The Morgan fingerprint density at radius 3 is 2.55 bits per heavy atom. The molecule has 0 aromatic carbocycles. The van der Waals surface area contributed by atoms with Gasteiger partial charge in [0.05, 0.1) is 5.69 Å². The van der Waals surface area contributed by atoms with Gasteiger partial charge in [-0.05, 0) is 25.0 Å². The number of hydrogen-bond acceptors (Lipinski definition) is 6. The van der Waals surface area contributed by atoms with Gasteiger partial charge in [0.2, 0.25) is 0 Å². The summed E-state index contributed by atoms with van der Waals surface area (Å²) in [6, 6.07) is 3.94. The molecule has 0 amide bonds. The maximum absolute atomic E-state index is 12.6. The van der Waals surface area contributed by atoms with Crippen molar-refractivity contribution in [1.29, 1.82) is 0 Å². The fourth-order valence-electron chi connectivity index (χ4n) is 2.58. The van der Waals surface area contributed by atoms with Crippen molar-refractivity contribution in [3.8, 4) is 0 Å². The molecule has 1 aromatic rings. The van der Waals surface area contributed by atoms with Crippen LogP contribution >= 0.6 is 0 Å². The van der Waals surface area contributed by atoms with E-state index in [9.17, 15) is 8.42 Å². The minimum Gasteiger partial charge on any atom is -0.321 e. The molecule has 1 aromatic heterocycles. The summed E-state index contributed by atoms with van der Waals surface area (Å²) in [6.07, 6.45) is 3.95. The molecular formula is C12H19N5O2S. The number of sulfonamides is 1. The summed E-state index contributed by atoms with van der Waals surface area (Å²) < 4.78 is 26.7. The molecule has 3 rings (SSSR count). The summed E-state index contributed by atoms with van der Waals surface area (Å²) in [7, 11) is -3.58. The second-order valence-corrected chi connectivity index (χ2v) is 7.02. The third-order valence-electron chi connectivity index (χ3n) is 3.85. The maximum Gasteiger partial charge on any atom is 0.262 e. The Balaban J connectivity index is 1.78. The molecule has 8 heteroatoms. The molecular weight excluding hydrogens is 278 g/mol. The van der Waals surface area contributed by atoms with Crippen LogP contribution in [0.25, 0.3) is 0 Å². The lowest BCUT2D eigenvalue weighted by molar-refractivity contribution is 0.180. The topological polar surface area (TPSA) is 91.6 Å². The van der Waals surface area contributed by atoms with Crippen molar-refractivity contribution in [3.05, 3.63) is 18.3 Å². The van der Waals surface area contributed by atoms with Crippen LogP contribution in [0.1, 0.15) is 12.8 Å². The van der Waals surface area contributed by atoms with Crippen molar-refractivity contribution < 1.29 is 8.42 Å². The summed E-state index contributed by atoms with van der Waals surface area (Å²) >= 11 is 0. The average molecular weight is 297 g/mol. The number of rotatable bonds is 4. The summed E-state index contributed by atoms with van der Waals surface area (Å²) in [4.78, 5) is 6.34. The number of hydrogen-bond donors (Lipinski definition) is 2. The van der Waals surface area contributed by atoms with E-state index >= 15 is 0 Å². The zero-order chi connectivity index (χ0) is 14.2. The Morgan fingerprint density at radius 2 is 1.95 bits per heavy atom. The smallest absolute Gasteiger partial charge is 0.262 e. The minimum atomic E-state index is -3.58. The van der Waals surface area contributed by atoms with Crippen LogP contribution in [0.3, 0.4) is 0 Å². The highest BCUT2D eigenvalue weighted by Gasteiger charge is 2.36. The highest BCUT2D eigenvalue weighted by atomic mass is 32.2. The van der Waals surface area contributed by atoms with Gasteiger partial charge in [0, 0.05) is 38.4 Å². The first-order valence-electron chi connectivity index (χ1n) is 6.79. The lowest BCUT2D eigenvalue weighted by Crippen LogP contribution is -2.49. The maximum atomic E-state index is 12.6. The van der Waals surface area contributed by atoms with E-state index in [0.29, 0.717) is 24.8 Å². The fraction of sp³-hybridized carbons (Fsp3) is 0.583. The normalized spacial score (nSPS) is 21.9. The first-order valence-corrected chi connectivity index (χ1v) is 8.23. The molecule has 7 nitrogen and oxygen atoms in total. The minimum absolute atomic E-state index is 0.00220. The van der Waals surface area contributed by atoms with Crippen molar-refractivity contribution in [1.82, 2.24) is 14.2 Å². The molecule has 1 aliphatic heterocycles. The van der Waals surface area contributed by atoms with Crippen LogP contribution in [0.15, 0.2) is 23.4 Å². The average Bonchev–Trinajstić information content (AvgIpc) is 3.32. The molecule has 0 radical (unpaired) electrons. The number of nitrogens with one attached hydrogen (secondary N) is 1. The summed E-state index contributed by atoms with van der Waals surface area (Å²) in [6.45, 7) is 2.61. The number of anilines is 1. The van der Waals surface area contributed by atoms with Crippen molar-refractivity contribution in [2.75, 3.05) is 31.6 Å². The fourth-order valence-corrected chi connectivity index (χ4v) is 4.06. The van der Waals surface area contributed by atoms with Gasteiger partial charge < -0.3 is 5.43 Å². The summed E-state index contributed by atoms with van der Waals surface area (Å²) in [5, 5.41) is 0.00220. The predicted octanol–water partition coefficient (Wildman–Crippen LogP) is -0.164. The van der Waals surface area contributed by atoms with E-state index in [1.165, 1.54) is 23.3 Å². The number of hydrazine groups is 1. The molecule has 1 saturated carbocycles. The molecule has 1 aliphatic carbocycles. The van der Waals surface area contributed by atoms with Gasteiger partial charge in [-0.3, -0.25) is 10.7 Å². The molecule has 0 atom stereocenters. The Morgan fingerprint density at radius 1 is 1.25 bits per heavy atom. The Labute approximate surface area is 118 Å². The van der Waals surface area contributed by atoms with E-state index in [2.05, 4.69) is 15.3 Å². The van der Waals surface area contributed by atoms with Gasteiger partial charge in [-0.25, -0.2) is 13.4 Å². The van der Waals surface area contributed by atoms with E-state index in [0.717, 1.165) is 13.1 Å². The first-order chi connectivity index (χ1) is 9.63. The van der Waals surface area contributed by atoms with E-state index < -0.39 is 10.0 Å². The summed E-state index contributed by atoms with van der Waals surface area (Å²) in [5.41, 5.74) is 2.73. The molecule has 0 unspecified atom stereocenters. The lowest BCUT2D eigenvalue weighted by atomic mass is 10.3. The Kier molecular flexibility index (Phi) is 3.63. The molecule has 2 fully saturated rings. The molecule has 3 N–H and O–H groups in total. The number of nitrogens with zero attached hydrogens (tertiary/aromatic N) is 3. The monoisotopic (exact) mass is 297 g/mol. The van der Waals surface area contributed by atoms with E-state index in [1.54, 1.807) is 12.1 Å². The zero-order valence-electron chi connectivity index (χ0n) is 11.2. The molecule has 2 aliphatic rings. The third kappa shape index (κ3) is 2.51. The Bertz CT molecular complexity index is 579. The van der Waals surface area contributed by atoms with Crippen LogP contribution in [0.4, 0.5) is 5.69 Å². The van der Waals surface area contributed by atoms with Crippen LogP contribution in [0.2, 0.25) is 0 Å². The molecule has 1 saturated heterocycles. The van der Waals surface area contributed by atoms with Crippen molar-refractivity contribution in [2.45, 2.75) is 23.9 Å². The van der Waals surface area contributed by atoms with E-state index in [-0.39, 0.29) is 5.03 Å². The largest absolute Gasteiger partial charge is 0.321 e. The van der Waals surface area contributed by atoms with Gasteiger partial charge in [0.15, 0.2) is 5.03 Å². The van der Waals surface area contributed by atoms with Gasteiger partial charge in [0.25, 0.3) is 10.0 Å². The second kappa shape index (κ2) is 5.28. The van der Waals surface area contributed by atoms with Crippen LogP contribution in [0.5, 0.6) is 0 Å². The highest BCUT2D eigenvalue weighted by Crippen LogP contribution is 2.29. The van der Waals surface area contributed by atoms with Gasteiger partial charge in [-0.1, -0.05) is 0 Å². The SMILES string of the molecule is NNc1cccnc1S(=O)(=O)N1CCN(C2CC2)CC1. The molecule has 2 heterocycles. The van der Waals surface area contributed by atoms with Gasteiger partial charge in [-0.2, -0.15) is 4.31 Å².